The summed E-state index contributed by atoms with van der Waals surface area (Å²) in [5, 5.41) is 3.35. The number of carbonyl (C=O) groups is 1. The van der Waals surface area contributed by atoms with E-state index < -0.39 is 0 Å². The lowest BCUT2D eigenvalue weighted by Gasteiger charge is -2.32. The largest absolute Gasteiger partial charge is 0.468 e. The second kappa shape index (κ2) is 7.41. The van der Waals surface area contributed by atoms with Crippen molar-refractivity contribution in [2.45, 2.75) is 70.5 Å². The van der Waals surface area contributed by atoms with Crippen LogP contribution in [0.25, 0.3) is 0 Å². The minimum absolute atomic E-state index is 0.129. The van der Waals surface area contributed by atoms with E-state index in [0.29, 0.717) is 12.1 Å². The van der Waals surface area contributed by atoms with Crippen LogP contribution >= 0.6 is 0 Å². The summed E-state index contributed by atoms with van der Waals surface area (Å²) in [4.78, 5) is 14.5. The molecule has 2 fully saturated rings. The number of rotatable bonds is 6. The maximum Gasteiger partial charge on any atom is 0.324 e. The average Bonchev–Trinajstić information content (AvgIpc) is 3.06. The van der Waals surface area contributed by atoms with Crippen molar-refractivity contribution in [2.75, 3.05) is 20.2 Å². The fourth-order valence-corrected chi connectivity index (χ4v) is 3.93. The number of hydrogen-bond donors (Lipinski definition) is 1. The van der Waals surface area contributed by atoms with Crippen LogP contribution in [0.3, 0.4) is 0 Å². The third-order valence-corrected chi connectivity index (χ3v) is 4.80. The van der Waals surface area contributed by atoms with Gasteiger partial charge in [0.1, 0.15) is 6.04 Å². The SMILES string of the molecule is COC(=O)C(CN1CCCC1C1CCCC1)NC(C)C. The molecular weight excluding hydrogens is 252 g/mol. The standard InChI is InChI=1S/C16H30N2O2/c1-12(2)17-14(16(19)20-3)11-18-10-6-9-15(18)13-7-4-5-8-13/h12-15,17H,4-11H2,1-3H3. The van der Waals surface area contributed by atoms with Gasteiger partial charge in [-0.2, -0.15) is 0 Å². The number of esters is 1. The molecule has 1 heterocycles. The summed E-state index contributed by atoms with van der Waals surface area (Å²) in [5.41, 5.74) is 0. The molecule has 0 spiro atoms. The monoisotopic (exact) mass is 282 g/mol. The van der Waals surface area contributed by atoms with Gasteiger partial charge in [-0.3, -0.25) is 9.69 Å². The first-order valence-corrected chi connectivity index (χ1v) is 8.19. The van der Waals surface area contributed by atoms with Crippen molar-refractivity contribution in [2.24, 2.45) is 5.92 Å². The van der Waals surface area contributed by atoms with Gasteiger partial charge in [-0.05, 0) is 38.1 Å². The Labute approximate surface area is 123 Å². The summed E-state index contributed by atoms with van der Waals surface area (Å²) >= 11 is 0. The van der Waals surface area contributed by atoms with Crippen LogP contribution in [-0.2, 0) is 9.53 Å². The molecule has 1 saturated heterocycles. The van der Waals surface area contributed by atoms with Crippen molar-refractivity contribution < 1.29 is 9.53 Å². The summed E-state index contributed by atoms with van der Waals surface area (Å²) in [5.74, 6) is 0.727. The van der Waals surface area contributed by atoms with Gasteiger partial charge in [0, 0.05) is 18.6 Å². The van der Waals surface area contributed by atoms with E-state index in [2.05, 4.69) is 24.1 Å². The maximum atomic E-state index is 12.0. The zero-order valence-electron chi connectivity index (χ0n) is 13.2. The second-order valence-corrected chi connectivity index (χ2v) is 6.65. The van der Waals surface area contributed by atoms with Gasteiger partial charge >= 0.3 is 5.97 Å². The average molecular weight is 282 g/mol. The van der Waals surface area contributed by atoms with Crippen molar-refractivity contribution in [1.82, 2.24) is 10.2 Å². The third-order valence-electron chi connectivity index (χ3n) is 4.80. The Morgan fingerprint density at radius 1 is 1.25 bits per heavy atom. The molecule has 1 aliphatic carbocycles. The molecule has 2 unspecified atom stereocenters. The van der Waals surface area contributed by atoms with Crippen molar-refractivity contribution in [3.8, 4) is 0 Å². The van der Waals surface area contributed by atoms with Gasteiger partial charge in [0.2, 0.25) is 0 Å². The Morgan fingerprint density at radius 3 is 2.55 bits per heavy atom. The number of nitrogens with one attached hydrogen (secondary N) is 1. The third kappa shape index (κ3) is 3.95. The highest BCUT2D eigenvalue weighted by Crippen LogP contribution is 2.35. The molecule has 2 atom stereocenters. The number of carbonyl (C=O) groups excluding carboxylic acids is 1. The fourth-order valence-electron chi connectivity index (χ4n) is 3.93. The van der Waals surface area contributed by atoms with Gasteiger partial charge in [-0.1, -0.05) is 26.7 Å². The van der Waals surface area contributed by atoms with E-state index in [-0.39, 0.29) is 12.0 Å². The molecule has 20 heavy (non-hydrogen) atoms. The highest BCUT2D eigenvalue weighted by Gasteiger charge is 2.35. The highest BCUT2D eigenvalue weighted by molar-refractivity contribution is 5.76. The molecule has 4 nitrogen and oxygen atoms in total. The molecule has 0 bridgehead atoms. The molecule has 0 radical (unpaired) electrons. The van der Waals surface area contributed by atoms with E-state index >= 15 is 0 Å². The molecule has 2 aliphatic rings. The lowest BCUT2D eigenvalue weighted by molar-refractivity contribution is -0.144. The Kier molecular flexibility index (Phi) is 5.85. The van der Waals surface area contributed by atoms with Crippen LogP contribution in [0.15, 0.2) is 0 Å². The predicted octanol–water partition coefficient (Wildman–Crippen LogP) is 2.18. The fraction of sp³-hybridized carbons (Fsp3) is 0.938. The topological polar surface area (TPSA) is 41.6 Å². The summed E-state index contributed by atoms with van der Waals surface area (Å²) in [7, 11) is 1.48. The zero-order valence-corrected chi connectivity index (χ0v) is 13.2. The minimum Gasteiger partial charge on any atom is -0.468 e. The Balaban J connectivity index is 1.95. The summed E-state index contributed by atoms with van der Waals surface area (Å²) < 4.78 is 4.96. The Bertz CT molecular complexity index is 314. The van der Waals surface area contributed by atoms with E-state index in [1.165, 1.54) is 45.6 Å². The molecule has 0 aromatic carbocycles. The molecule has 1 N–H and O–H groups in total. The van der Waals surface area contributed by atoms with E-state index in [1.54, 1.807) is 0 Å². The summed E-state index contributed by atoms with van der Waals surface area (Å²) in [6.07, 6.45) is 8.11. The highest BCUT2D eigenvalue weighted by atomic mass is 16.5. The van der Waals surface area contributed by atoms with Gasteiger partial charge in [-0.25, -0.2) is 0 Å². The predicted molar refractivity (Wildman–Crippen MR) is 80.6 cm³/mol. The van der Waals surface area contributed by atoms with Gasteiger partial charge in [0.15, 0.2) is 0 Å². The van der Waals surface area contributed by atoms with Crippen molar-refractivity contribution in [1.29, 1.82) is 0 Å². The second-order valence-electron chi connectivity index (χ2n) is 6.65. The van der Waals surface area contributed by atoms with Crippen molar-refractivity contribution in [3.63, 3.8) is 0 Å². The van der Waals surface area contributed by atoms with E-state index in [9.17, 15) is 4.79 Å². The number of ether oxygens (including phenoxy) is 1. The summed E-state index contributed by atoms with van der Waals surface area (Å²) in [6, 6.07) is 0.798. The van der Waals surface area contributed by atoms with Gasteiger partial charge in [-0.15, -0.1) is 0 Å². The van der Waals surface area contributed by atoms with Gasteiger partial charge in [0.05, 0.1) is 7.11 Å². The first-order valence-electron chi connectivity index (χ1n) is 8.19. The molecule has 0 amide bonds. The number of hydrogen-bond acceptors (Lipinski definition) is 4. The van der Waals surface area contributed by atoms with E-state index in [1.807, 2.05) is 0 Å². The number of likely N-dealkylation sites (tertiary alicyclic amines) is 1. The van der Waals surface area contributed by atoms with Crippen LogP contribution in [0, 0.1) is 5.92 Å². The van der Waals surface area contributed by atoms with E-state index in [4.69, 9.17) is 4.74 Å². The van der Waals surface area contributed by atoms with Crippen LogP contribution in [0.5, 0.6) is 0 Å². The number of methoxy groups -OCH3 is 1. The molecule has 116 valence electrons. The molecule has 0 aromatic rings. The van der Waals surface area contributed by atoms with Crippen LogP contribution in [0.4, 0.5) is 0 Å². The lowest BCUT2D eigenvalue weighted by Crippen LogP contribution is -2.51. The smallest absolute Gasteiger partial charge is 0.324 e. The molecule has 1 aliphatic heterocycles. The van der Waals surface area contributed by atoms with Crippen LogP contribution in [-0.4, -0.2) is 49.2 Å². The minimum atomic E-state index is -0.193. The molecular formula is C16H30N2O2. The van der Waals surface area contributed by atoms with Crippen LogP contribution < -0.4 is 5.32 Å². The molecule has 4 heteroatoms. The molecule has 1 saturated carbocycles. The zero-order chi connectivity index (χ0) is 14.5. The van der Waals surface area contributed by atoms with Crippen LogP contribution in [0.1, 0.15) is 52.4 Å². The molecule has 0 aromatic heterocycles. The molecule has 2 rings (SSSR count). The first kappa shape index (κ1) is 15.8. The van der Waals surface area contributed by atoms with Crippen molar-refractivity contribution in [3.05, 3.63) is 0 Å². The normalized spacial score (nSPS) is 26.3. The lowest BCUT2D eigenvalue weighted by atomic mass is 9.96. The summed E-state index contributed by atoms with van der Waals surface area (Å²) in [6.45, 7) is 6.09. The Morgan fingerprint density at radius 2 is 1.95 bits per heavy atom. The maximum absolute atomic E-state index is 12.0. The number of nitrogens with zero attached hydrogens (tertiary/aromatic N) is 1. The van der Waals surface area contributed by atoms with Crippen molar-refractivity contribution >= 4 is 5.97 Å². The quantitative estimate of drug-likeness (QED) is 0.758. The Hall–Kier alpha value is -0.610. The van der Waals surface area contributed by atoms with Gasteiger partial charge < -0.3 is 10.1 Å². The first-order chi connectivity index (χ1) is 9.61. The van der Waals surface area contributed by atoms with Crippen LogP contribution in [0.2, 0.25) is 0 Å². The van der Waals surface area contributed by atoms with E-state index in [0.717, 1.165) is 19.0 Å². The van der Waals surface area contributed by atoms with Gasteiger partial charge in [0.25, 0.3) is 0 Å².